The van der Waals surface area contributed by atoms with Crippen molar-refractivity contribution in [3.63, 3.8) is 0 Å². The van der Waals surface area contributed by atoms with E-state index in [0.29, 0.717) is 0 Å². The number of H-pyrrole nitrogens is 1. The van der Waals surface area contributed by atoms with Crippen molar-refractivity contribution in [2.24, 2.45) is 10.2 Å². The van der Waals surface area contributed by atoms with E-state index in [1.165, 1.54) is 0 Å². The van der Waals surface area contributed by atoms with Gasteiger partial charge in [-0.25, -0.2) is 0 Å². The van der Waals surface area contributed by atoms with Crippen LogP contribution in [-0.4, -0.2) is 16.9 Å². The molecule has 1 N–H and O–H groups in total. The maximum atomic E-state index is 4.52. The number of nitrogens with zero attached hydrogens (tertiary/aromatic N) is 2. The van der Waals surface area contributed by atoms with Crippen LogP contribution in [0.5, 0.6) is 0 Å². The minimum atomic E-state index is 0.859. The summed E-state index contributed by atoms with van der Waals surface area (Å²) in [7, 11) is 0. The van der Waals surface area contributed by atoms with Gasteiger partial charge in [-0.1, -0.05) is 78.9 Å². The van der Waals surface area contributed by atoms with Gasteiger partial charge >= 0.3 is 0 Å². The highest BCUT2D eigenvalue weighted by Crippen LogP contribution is 2.16. The summed E-state index contributed by atoms with van der Waals surface area (Å²) in [4.78, 5) is 3.25. The molecule has 4 rings (SSSR count). The first-order chi connectivity index (χ1) is 12.4. The highest BCUT2D eigenvalue weighted by Gasteiger charge is 2.06. The number of nitrogens with one attached hydrogen (secondary N) is 1. The van der Waals surface area contributed by atoms with Crippen LogP contribution in [0, 0.1) is 0 Å². The van der Waals surface area contributed by atoms with Crippen LogP contribution in [0.15, 0.2) is 101 Å². The predicted octanol–water partition coefficient (Wildman–Crippen LogP) is 5.04. The van der Waals surface area contributed by atoms with Gasteiger partial charge in [0, 0.05) is 33.8 Å². The number of aromatic amines is 1. The van der Waals surface area contributed by atoms with Crippen LogP contribution in [0.4, 0.5) is 0 Å². The molecule has 25 heavy (non-hydrogen) atoms. The van der Waals surface area contributed by atoms with Crippen LogP contribution in [0.1, 0.15) is 16.7 Å². The highest BCUT2D eigenvalue weighted by atomic mass is 15.2. The number of fused-ring (bicyclic) bond motifs is 1. The molecule has 0 fully saturated rings. The molecule has 0 aliphatic rings. The quantitative estimate of drug-likeness (QED) is 0.404. The molecule has 3 aromatic carbocycles. The predicted molar refractivity (Wildman–Crippen MR) is 104 cm³/mol. The van der Waals surface area contributed by atoms with Crippen molar-refractivity contribution in [2.75, 3.05) is 0 Å². The molecule has 3 heteroatoms. The van der Waals surface area contributed by atoms with E-state index in [4.69, 9.17) is 0 Å². The van der Waals surface area contributed by atoms with Crippen molar-refractivity contribution >= 4 is 22.8 Å². The zero-order valence-corrected chi connectivity index (χ0v) is 13.6. The van der Waals surface area contributed by atoms with Gasteiger partial charge in [-0.05, 0) is 6.07 Å². The summed E-state index contributed by atoms with van der Waals surface area (Å²) in [5, 5.41) is 10.0. The lowest BCUT2D eigenvalue weighted by atomic mass is 10.0. The van der Waals surface area contributed by atoms with Crippen LogP contribution in [0.25, 0.3) is 10.9 Å². The molecule has 4 aromatic rings. The largest absolute Gasteiger partial charge is 0.361 e. The Morgan fingerprint density at radius 1 is 0.720 bits per heavy atom. The summed E-state index contributed by atoms with van der Waals surface area (Å²) >= 11 is 0. The summed E-state index contributed by atoms with van der Waals surface area (Å²) in [5.74, 6) is 0. The van der Waals surface area contributed by atoms with Crippen molar-refractivity contribution in [2.45, 2.75) is 0 Å². The molecule has 120 valence electrons. The van der Waals surface area contributed by atoms with Crippen molar-refractivity contribution < 1.29 is 0 Å². The monoisotopic (exact) mass is 323 g/mol. The highest BCUT2D eigenvalue weighted by molar-refractivity contribution is 6.13. The smallest absolute Gasteiger partial charge is 0.100 e. The lowest BCUT2D eigenvalue weighted by molar-refractivity contribution is 1.24. The Labute approximate surface area is 146 Å². The topological polar surface area (TPSA) is 40.5 Å². The second kappa shape index (κ2) is 6.97. The summed E-state index contributed by atoms with van der Waals surface area (Å²) in [5.41, 5.74) is 5.07. The van der Waals surface area contributed by atoms with Gasteiger partial charge in [0.25, 0.3) is 0 Å². The van der Waals surface area contributed by atoms with E-state index in [1.54, 1.807) is 6.21 Å². The number of hydrogen-bond donors (Lipinski definition) is 1. The van der Waals surface area contributed by atoms with Gasteiger partial charge in [-0.2, -0.15) is 5.10 Å². The van der Waals surface area contributed by atoms with Gasteiger partial charge in [0.1, 0.15) is 5.71 Å². The molecular formula is C22H17N3. The molecule has 0 bridgehead atoms. The molecule has 1 aromatic heterocycles. The van der Waals surface area contributed by atoms with Crippen LogP contribution < -0.4 is 0 Å². The second-order valence-corrected chi connectivity index (χ2v) is 5.71. The van der Waals surface area contributed by atoms with Gasteiger partial charge in [-0.3, -0.25) is 0 Å². The number of benzene rings is 3. The molecule has 0 radical (unpaired) electrons. The van der Waals surface area contributed by atoms with Gasteiger partial charge in [0.15, 0.2) is 0 Å². The molecule has 0 aliphatic carbocycles. The van der Waals surface area contributed by atoms with E-state index in [9.17, 15) is 0 Å². The first-order valence-electron chi connectivity index (χ1n) is 8.20. The van der Waals surface area contributed by atoms with E-state index in [2.05, 4.69) is 27.3 Å². The summed E-state index contributed by atoms with van der Waals surface area (Å²) in [6.07, 6.45) is 3.75. The Morgan fingerprint density at radius 3 is 2.00 bits per heavy atom. The van der Waals surface area contributed by atoms with Gasteiger partial charge < -0.3 is 4.98 Å². The van der Waals surface area contributed by atoms with Gasteiger partial charge in [0.05, 0.1) is 6.21 Å². The fraction of sp³-hybridized carbons (Fsp3) is 0. The summed E-state index contributed by atoms with van der Waals surface area (Å²) in [6.45, 7) is 0. The molecule has 0 amide bonds. The van der Waals surface area contributed by atoms with Gasteiger partial charge in [0.2, 0.25) is 0 Å². The fourth-order valence-electron chi connectivity index (χ4n) is 2.82. The minimum Gasteiger partial charge on any atom is -0.361 e. The lowest BCUT2D eigenvalue weighted by Crippen LogP contribution is -2.02. The maximum Gasteiger partial charge on any atom is 0.100 e. The lowest BCUT2D eigenvalue weighted by Gasteiger charge is -2.04. The normalized spacial score (nSPS) is 11.0. The third-order valence-electron chi connectivity index (χ3n) is 4.07. The SMILES string of the molecule is C(=N\N=C(c1ccccc1)c1ccccc1)/c1c[nH]c2ccccc12. The first kappa shape index (κ1) is 15.1. The average Bonchev–Trinajstić information content (AvgIpc) is 3.10. The molecule has 3 nitrogen and oxygen atoms in total. The van der Waals surface area contributed by atoms with E-state index < -0.39 is 0 Å². The first-order valence-corrected chi connectivity index (χ1v) is 8.20. The molecular weight excluding hydrogens is 306 g/mol. The van der Waals surface area contributed by atoms with E-state index in [-0.39, 0.29) is 0 Å². The zero-order valence-electron chi connectivity index (χ0n) is 13.6. The van der Waals surface area contributed by atoms with Crippen LogP contribution in [-0.2, 0) is 0 Å². The van der Waals surface area contributed by atoms with Crippen LogP contribution in [0.3, 0.4) is 0 Å². The van der Waals surface area contributed by atoms with E-state index in [0.717, 1.165) is 33.3 Å². The Balaban J connectivity index is 1.72. The Morgan fingerprint density at radius 2 is 1.32 bits per heavy atom. The van der Waals surface area contributed by atoms with E-state index in [1.807, 2.05) is 79.0 Å². The van der Waals surface area contributed by atoms with Crippen LogP contribution >= 0.6 is 0 Å². The third-order valence-corrected chi connectivity index (χ3v) is 4.07. The molecule has 0 saturated carbocycles. The zero-order chi connectivity index (χ0) is 16.9. The molecule has 0 atom stereocenters. The van der Waals surface area contributed by atoms with Crippen molar-refractivity contribution in [3.05, 3.63) is 108 Å². The third kappa shape index (κ3) is 3.26. The minimum absolute atomic E-state index is 0.859. The van der Waals surface area contributed by atoms with Crippen molar-refractivity contribution in [1.29, 1.82) is 0 Å². The van der Waals surface area contributed by atoms with Crippen LogP contribution in [0.2, 0.25) is 0 Å². The molecule has 0 saturated heterocycles. The Hall–Kier alpha value is -3.46. The van der Waals surface area contributed by atoms with Gasteiger partial charge in [-0.15, -0.1) is 5.10 Å². The average molecular weight is 323 g/mol. The molecule has 0 spiro atoms. The van der Waals surface area contributed by atoms with E-state index >= 15 is 0 Å². The standard InChI is InChI=1S/C22H17N3/c1-3-9-17(10-4-1)22(18-11-5-2-6-12-18)25-24-16-19-15-23-21-14-8-7-13-20(19)21/h1-16,23H/b24-16+. The maximum absolute atomic E-state index is 4.52. The van der Waals surface area contributed by atoms with Crippen molar-refractivity contribution in [3.8, 4) is 0 Å². The summed E-state index contributed by atoms with van der Waals surface area (Å²) in [6, 6.07) is 28.4. The number of aromatic nitrogens is 1. The molecule has 0 unspecified atom stereocenters. The Kier molecular flexibility index (Phi) is 4.21. The number of para-hydroxylation sites is 1. The fourth-order valence-corrected chi connectivity index (χ4v) is 2.82. The van der Waals surface area contributed by atoms with Crippen molar-refractivity contribution in [1.82, 2.24) is 4.98 Å². The Bertz CT molecular complexity index is 987. The number of hydrogen-bond acceptors (Lipinski definition) is 2. The second-order valence-electron chi connectivity index (χ2n) is 5.71. The molecule has 1 heterocycles. The summed E-state index contributed by atoms with van der Waals surface area (Å²) < 4.78 is 0. The molecule has 0 aliphatic heterocycles. The number of rotatable bonds is 4.